The molecule has 0 bridgehead atoms. The Kier molecular flexibility index (Phi) is 3.59. The maximum atomic E-state index is 8.83. The van der Waals surface area contributed by atoms with Gasteiger partial charge in [-0.3, -0.25) is 0 Å². The third-order valence-corrected chi connectivity index (χ3v) is 3.83. The van der Waals surface area contributed by atoms with E-state index in [-0.39, 0.29) is 0 Å². The molecule has 2 atom stereocenters. The number of rotatable bonds is 1. The van der Waals surface area contributed by atoms with Crippen LogP contribution in [-0.4, -0.2) is 12.6 Å². The summed E-state index contributed by atoms with van der Waals surface area (Å²) < 4.78 is 0. The number of benzene rings is 1. The monoisotopic (exact) mass is 248 g/mol. The SMILES string of the molecule is CC1CCN(c2ccc(C#N)cc2Cl)C(C)C1. The molecule has 1 aromatic rings. The largest absolute Gasteiger partial charge is 0.368 e. The van der Waals surface area contributed by atoms with Crippen molar-refractivity contribution >= 4 is 17.3 Å². The van der Waals surface area contributed by atoms with Crippen molar-refractivity contribution in [3.63, 3.8) is 0 Å². The molecule has 17 heavy (non-hydrogen) atoms. The molecular formula is C14H17ClN2. The van der Waals surface area contributed by atoms with Gasteiger partial charge in [0.05, 0.1) is 22.3 Å². The summed E-state index contributed by atoms with van der Waals surface area (Å²) >= 11 is 6.25. The predicted molar refractivity (Wildman–Crippen MR) is 71.4 cm³/mol. The van der Waals surface area contributed by atoms with Crippen LogP contribution in [0.3, 0.4) is 0 Å². The molecule has 0 aromatic heterocycles. The van der Waals surface area contributed by atoms with Crippen LogP contribution in [0.15, 0.2) is 18.2 Å². The van der Waals surface area contributed by atoms with Gasteiger partial charge in [0.2, 0.25) is 0 Å². The molecule has 90 valence electrons. The normalized spacial score (nSPS) is 24.5. The van der Waals surface area contributed by atoms with Gasteiger partial charge in [-0.15, -0.1) is 0 Å². The van der Waals surface area contributed by atoms with Gasteiger partial charge < -0.3 is 4.90 Å². The highest BCUT2D eigenvalue weighted by molar-refractivity contribution is 6.33. The Morgan fingerprint density at radius 1 is 1.41 bits per heavy atom. The predicted octanol–water partition coefficient (Wildman–Crippen LogP) is 3.84. The number of piperidine rings is 1. The summed E-state index contributed by atoms with van der Waals surface area (Å²) in [7, 11) is 0. The summed E-state index contributed by atoms with van der Waals surface area (Å²) in [6.07, 6.45) is 2.41. The second kappa shape index (κ2) is 4.98. The summed E-state index contributed by atoms with van der Waals surface area (Å²) in [5, 5.41) is 9.51. The lowest BCUT2D eigenvalue weighted by atomic mass is 9.93. The van der Waals surface area contributed by atoms with Gasteiger partial charge in [0.15, 0.2) is 0 Å². The van der Waals surface area contributed by atoms with E-state index in [0.29, 0.717) is 16.6 Å². The molecule has 1 aromatic carbocycles. The maximum Gasteiger partial charge on any atom is 0.0992 e. The van der Waals surface area contributed by atoms with Crippen molar-refractivity contribution in [2.45, 2.75) is 32.7 Å². The van der Waals surface area contributed by atoms with Crippen molar-refractivity contribution in [3.8, 4) is 6.07 Å². The highest BCUT2D eigenvalue weighted by Gasteiger charge is 2.24. The molecule has 2 rings (SSSR count). The van der Waals surface area contributed by atoms with Crippen LogP contribution in [0.25, 0.3) is 0 Å². The van der Waals surface area contributed by atoms with Crippen LogP contribution in [0.1, 0.15) is 32.3 Å². The van der Waals surface area contributed by atoms with Gasteiger partial charge >= 0.3 is 0 Å². The van der Waals surface area contributed by atoms with E-state index in [9.17, 15) is 0 Å². The Bertz CT molecular complexity index is 450. The Morgan fingerprint density at radius 3 is 2.76 bits per heavy atom. The van der Waals surface area contributed by atoms with E-state index in [0.717, 1.165) is 18.2 Å². The molecule has 1 aliphatic rings. The number of hydrogen-bond donors (Lipinski definition) is 0. The van der Waals surface area contributed by atoms with Crippen molar-refractivity contribution in [2.75, 3.05) is 11.4 Å². The van der Waals surface area contributed by atoms with E-state index in [1.165, 1.54) is 12.8 Å². The molecule has 3 heteroatoms. The average molecular weight is 249 g/mol. The van der Waals surface area contributed by atoms with Crippen LogP contribution in [0, 0.1) is 17.2 Å². The van der Waals surface area contributed by atoms with Gasteiger partial charge in [0.1, 0.15) is 0 Å². The summed E-state index contributed by atoms with van der Waals surface area (Å²) in [5.74, 6) is 0.790. The molecule has 2 nitrogen and oxygen atoms in total. The third kappa shape index (κ3) is 2.56. The molecule has 1 aliphatic heterocycles. The highest BCUT2D eigenvalue weighted by atomic mass is 35.5. The van der Waals surface area contributed by atoms with Gasteiger partial charge in [-0.25, -0.2) is 0 Å². The van der Waals surface area contributed by atoms with Gasteiger partial charge in [-0.05, 0) is 43.9 Å². The lowest BCUT2D eigenvalue weighted by Gasteiger charge is -2.38. The van der Waals surface area contributed by atoms with Crippen molar-refractivity contribution < 1.29 is 0 Å². The zero-order valence-corrected chi connectivity index (χ0v) is 11.0. The number of nitriles is 1. The lowest BCUT2D eigenvalue weighted by Crippen LogP contribution is -2.40. The summed E-state index contributed by atoms with van der Waals surface area (Å²) in [5.41, 5.74) is 1.68. The van der Waals surface area contributed by atoms with Crippen molar-refractivity contribution in [3.05, 3.63) is 28.8 Å². The van der Waals surface area contributed by atoms with Crippen LogP contribution in [0.2, 0.25) is 5.02 Å². The zero-order chi connectivity index (χ0) is 12.4. The van der Waals surface area contributed by atoms with Gasteiger partial charge in [-0.1, -0.05) is 18.5 Å². The number of hydrogen-bond acceptors (Lipinski definition) is 2. The fourth-order valence-electron chi connectivity index (χ4n) is 2.57. The average Bonchev–Trinajstić information content (AvgIpc) is 2.30. The van der Waals surface area contributed by atoms with E-state index >= 15 is 0 Å². The quantitative estimate of drug-likeness (QED) is 0.755. The van der Waals surface area contributed by atoms with Gasteiger partial charge in [0, 0.05) is 12.6 Å². The molecule has 1 heterocycles. The minimum Gasteiger partial charge on any atom is -0.368 e. The minimum absolute atomic E-state index is 0.518. The summed E-state index contributed by atoms with van der Waals surface area (Å²) in [6, 6.07) is 8.19. The molecular weight excluding hydrogens is 232 g/mol. The molecule has 1 saturated heterocycles. The molecule has 1 fully saturated rings. The maximum absolute atomic E-state index is 8.83. The summed E-state index contributed by atoms with van der Waals surface area (Å²) in [4.78, 5) is 2.35. The Balaban J connectivity index is 2.25. The minimum atomic E-state index is 0.518. The van der Waals surface area contributed by atoms with Gasteiger partial charge in [-0.2, -0.15) is 5.26 Å². The van der Waals surface area contributed by atoms with E-state index < -0.39 is 0 Å². The van der Waals surface area contributed by atoms with Crippen molar-refractivity contribution in [1.82, 2.24) is 0 Å². The second-order valence-electron chi connectivity index (χ2n) is 4.95. The van der Waals surface area contributed by atoms with Crippen LogP contribution >= 0.6 is 11.6 Å². The second-order valence-corrected chi connectivity index (χ2v) is 5.36. The molecule has 0 spiro atoms. The van der Waals surface area contributed by atoms with Crippen LogP contribution < -0.4 is 4.90 Å². The molecule has 0 amide bonds. The standard InChI is InChI=1S/C14H17ClN2/c1-10-5-6-17(11(2)7-10)14-4-3-12(9-16)8-13(14)15/h3-4,8,10-11H,5-7H2,1-2H3. The smallest absolute Gasteiger partial charge is 0.0992 e. The van der Waals surface area contributed by atoms with E-state index in [1.807, 2.05) is 12.1 Å². The first-order valence-corrected chi connectivity index (χ1v) is 6.46. The highest BCUT2D eigenvalue weighted by Crippen LogP contribution is 2.33. The van der Waals surface area contributed by atoms with Crippen LogP contribution in [0.4, 0.5) is 5.69 Å². The lowest BCUT2D eigenvalue weighted by molar-refractivity contribution is 0.378. The Labute approximate surface area is 108 Å². The zero-order valence-electron chi connectivity index (χ0n) is 10.3. The first-order chi connectivity index (χ1) is 8.11. The number of anilines is 1. The number of halogens is 1. The Morgan fingerprint density at radius 2 is 2.18 bits per heavy atom. The van der Waals surface area contributed by atoms with E-state index in [1.54, 1.807) is 6.07 Å². The first-order valence-electron chi connectivity index (χ1n) is 6.08. The summed E-state index contributed by atoms with van der Waals surface area (Å²) in [6.45, 7) is 5.59. The molecule has 2 unspecified atom stereocenters. The van der Waals surface area contributed by atoms with Crippen LogP contribution in [-0.2, 0) is 0 Å². The topological polar surface area (TPSA) is 27.0 Å². The molecule has 0 aliphatic carbocycles. The molecule has 0 saturated carbocycles. The van der Waals surface area contributed by atoms with Gasteiger partial charge in [0.25, 0.3) is 0 Å². The molecule has 0 radical (unpaired) electrons. The van der Waals surface area contributed by atoms with E-state index in [4.69, 9.17) is 16.9 Å². The molecule has 0 N–H and O–H groups in total. The van der Waals surface area contributed by atoms with Crippen molar-refractivity contribution in [1.29, 1.82) is 5.26 Å². The number of nitrogens with zero attached hydrogens (tertiary/aromatic N) is 2. The van der Waals surface area contributed by atoms with E-state index in [2.05, 4.69) is 24.8 Å². The van der Waals surface area contributed by atoms with Crippen LogP contribution in [0.5, 0.6) is 0 Å². The third-order valence-electron chi connectivity index (χ3n) is 3.52. The fraction of sp³-hybridized carbons (Fsp3) is 0.500. The first kappa shape index (κ1) is 12.3. The fourth-order valence-corrected chi connectivity index (χ4v) is 2.86. The van der Waals surface area contributed by atoms with Crippen molar-refractivity contribution in [2.24, 2.45) is 5.92 Å². The Hall–Kier alpha value is -1.20.